The molecular formula is C16H10ClF3N2O3S. The third-order valence-corrected chi connectivity index (χ3v) is 5.29. The normalized spacial score (nSPS) is 12.3. The number of sulfone groups is 1. The first kappa shape index (κ1) is 18.4. The van der Waals surface area contributed by atoms with Crippen molar-refractivity contribution in [1.82, 2.24) is 10.2 Å². The van der Waals surface area contributed by atoms with Crippen LogP contribution in [0.5, 0.6) is 0 Å². The maximum Gasteiger partial charge on any atom is 0.417 e. The maximum absolute atomic E-state index is 13.1. The molecule has 0 spiro atoms. The molecule has 2 aromatic carbocycles. The minimum atomic E-state index is -4.61. The molecule has 0 radical (unpaired) electrons. The van der Waals surface area contributed by atoms with Gasteiger partial charge >= 0.3 is 6.18 Å². The second kappa shape index (κ2) is 6.73. The Morgan fingerprint density at radius 3 is 2.31 bits per heavy atom. The SMILES string of the molecule is O=S(=O)(Cc1nnc(-c2ccccc2C(F)(F)F)o1)c1ccc(Cl)cc1. The van der Waals surface area contributed by atoms with E-state index >= 15 is 0 Å². The zero-order valence-electron chi connectivity index (χ0n) is 12.9. The highest BCUT2D eigenvalue weighted by Crippen LogP contribution is 2.36. The third-order valence-electron chi connectivity index (χ3n) is 3.42. The van der Waals surface area contributed by atoms with Gasteiger partial charge in [-0.2, -0.15) is 13.2 Å². The van der Waals surface area contributed by atoms with E-state index in [1.54, 1.807) is 0 Å². The molecule has 3 rings (SSSR count). The van der Waals surface area contributed by atoms with Gasteiger partial charge in [0.2, 0.25) is 11.8 Å². The zero-order valence-corrected chi connectivity index (χ0v) is 14.4. The van der Waals surface area contributed by atoms with Gasteiger partial charge in [-0.25, -0.2) is 8.42 Å². The number of aromatic nitrogens is 2. The fourth-order valence-electron chi connectivity index (χ4n) is 2.23. The highest BCUT2D eigenvalue weighted by Gasteiger charge is 2.35. The van der Waals surface area contributed by atoms with Crippen LogP contribution in [0.3, 0.4) is 0 Å². The lowest BCUT2D eigenvalue weighted by Crippen LogP contribution is -2.06. The first-order valence-corrected chi connectivity index (χ1v) is 9.17. The molecule has 1 heterocycles. The van der Waals surface area contributed by atoms with Crippen molar-refractivity contribution in [2.75, 3.05) is 0 Å². The van der Waals surface area contributed by atoms with Crippen molar-refractivity contribution in [2.45, 2.75) is 16.8 Å². The minimum absolute atomic E-state index is 0.0164. The van der Waals surface area contributed by atoms with Crippen LogP contribution in [0.25, 0.3) is 11.5 Å². The van der Waals surface area contributed by atoms with E-state index in [0.717, 1.165) is 6.07 Å². The van der Waals surface area contributed by atoms with Crippen molar-refractivity contribution in [3.63, 3.8) is 0 Å². The van der Waals surface area contributed by atoms with Crippen molar-refractivity contribution in [3.8, 4) is 11.5 Å². The van der Waals surface area contributed by atoms with E-state index in [-0.39, 0.29) is 16.3 Å². The summed E-state index contributed by atoms with van der Waals surface area (Å²) in [6.07, 6.45) is -4.61. The number of benzene rings is 2. The van der Waals surface area contributed by atoms with Crippen LogP contribution in [0.4, 0.5) is 13.2 Å². The average molecular weight is 403 g/mol. The Balaban J connectivity index is 1.91. The standard InChI is InChI=1S/C16H10ClF3N2O3S/c17-10-5-7-11(8-6-10)26(23,24)9-14-21-22-15(25-14)12-3-1-2-4-13(12)16(18,19)20/h1-8H,9H2. The van der Waals surface area contributed by atoms with E-state index in [1.165, 1.54) is 42.5 Å². The Bertz CT molecular complexity index is 1030. The van der Waals surface area contributed by atoms with E-state index in [0.29, 0.717) is 5.02 Å². The van der Waals surface area contributed by atoms with Gasteiger partial charge in [0.05, 0.1) is 16.0 Å². The Morgan fingerprint density at radius 2 is 1.65 bits per heavy atom. The molecule has 0 aliphatic heterocycles. The molecule has 0 N–H and O–H groups in total. The molecule has 0 aliphatic carbocycles. The van der Waals surface area contributed by atoms with E-state index in [1.807, 2.05) is 0 Å². The lowest BCUT2D eigenvalue weighted by atomic mass is 10.1. The number of hydrogen-bond acceptors (Lipinski definition) is 5. The van der Waals surface area contributed by atoms with Crippen LogP contribution in [0.2, 0.25) is 5.02 Å². The van der Waals surface area contributed by atoms with E-state index < -0.39 is 33.2 Å². The topological polar surface area (TPSA) is 73.1 Å². The number of halogens is 4. The molecule has 0 fully saturated rings. The summed E-state index contributed by atoms with van der Waals surface area (Å²) in [5.74, 6) is -1.36. The fourth-order valence-corrected chi connectivity index (χ4v) is 3.51. The fraction of sp³-hybridized carbons (Fsp3) is 0.125. The molecule has 1 aromatic heterocycles. The average Bonchev–Trinajstić information content (AvgIpc) is 3.02. The predicted molar refractivity (Wildman–Crippen MR) is 87.1 cm³/mol. The molecule has 0 amide bonds. The highest BCUT2D eigenvalue weighted by molar-refractivity contribution is 7.90. The molecule has 0 saturated carbocycles. The van der Waals surface area contributed by atoms with Crippen LogP contribution in [0, 0.1) is 0 Å². The summed E-state index contributed by atoms with van der Waals surface area (Å²) in [4.78, 5) is -0.0164. The Morgan fingerprint density at radius 1 is 1.00 bits per heavy atom. The smallest absolute Gasteiger partial charge is 0.417 e. The Kier molecular flexibility index (Phi) is 4.76. The van der Waals surface area contributed by atoms with Crippen molar-refractivity contribution in [1.29, 1.82) is 0 Å². The van der Waals surface area contributed by atoms with Crippen LogP contribution in [-0.4, -0.2) is 18.6 Å². The van der Waals surface area contributed by atoms with Crippen LogP contribution in [-0.2, 0) is 21.8 Å². The second-order valence-electron chi connectivity index (χ2n) is 5.26. The summed E-state index contributed by atoms with van der Waals surface area (Å²) >= 11 is 5.72. The molecule has 3 aromatic rings. The van der Waals surface area contributed by atoms with Crippen LogP contribution in [0.15, 0.2) is 57.8 Å². The molecule has 0 unspecified atom stereocenters. The minimum Gasteiger partial charge on any atom is -0.420 e. The Labute approximate surface area is 151 Å². The Hall–Kier alpha value is -2.39. The monoisotopic (exact) mass is 402 g/mol. The van der Waals surface area contributed by atoms with Crippen LogP contribution >= 0.6 is 11.6 Å². The summed E-state index contributed by atoms with van der Waals surface area (Å²) in [6.45, 7) is 0. The number of hydrogen-bond donors (Lipinski definition) is 0. The third kappa shape index (κ3) is 3.88. The van der Waals surface area contributed by atoms with Gasteiger partial charge in [0.15, 0.2) is 9.84 Å². The summed E-state index contributed by atoms with van der Waals surface area (Å²) in [7, 11) is -3.81. The predicted octanol–water partition coefficient (Wildman–Crippen LogP) is 4.38. The summed E-state index contributed by atoms with van der Waals surface area (Å²) in [6, 6.07) is 10.1. The quantitative estimate of drug-likeness (QED) is 0.647. The summed E-state index contributed by atoms with van der Waals surface area (Å²) in [5.41, 5.74) is -1.27. The van der Waals surface area contributed by atoms with Gasteiger partial charge in [-0.1, -0.05) is 23.7 Å². The molecule has 26 heavy (non-hydrogen) atoms. The number of alkyl halides is 3. The molecule has 0 atom stereocenters. The van der Waals surface area contributed by atoms with Crippen molar-refractivity contribution in [2.24, 2.45) is 0 Å². The van der Waals surface area contributed by atoms with Crippen molar-refractivity contribution >= 4 is 21.4 Å². The van der Waals surface area contributed by atoms with Gasteiger partial charge in [-0.3, -0.25) is 0 Å². The van der Waals surface area contributed by atoms with Gasteiger partial charge in [0.25, 0.3) is 0 Å². The highest BCUT2D eigenvalue weighted by atomic mass is 35.5. The van der Waals surface area contributed by atoms with Gasteiger partial charge in [0, 0.05) is 5.02 Å². The van der Waals surface area contributed by atoms with Crippen molar-refractivity contribution < 1.29 is 26.0 Å². The number of rotatable bonds is 4. The number of nitrogens with zero attached hydrogens (tertiary/aromatic N) is 2. The molecule has 0 saturated heterocycles. The summed E-state index contributed by atoms with van der Waals surface area (Å²) < 4.78 is 69.0. The first-order chi connectivity index (χ1) is 12.2. The van der Waals surface area contributed by atoms with Gasteiger partial charge < -0.3 is 4.42 Å². The van der Waals surface area contributed by atoms with Gasteiger partial charge in [-0.15, -0.1) is 10.2 Å². The molecule has 136 valence electrons. The van der Waals surface area contributed by atoms with E-state index in [4.69, 9.17) is 16.0 Å². The molecule has 0 aliphatic rings. The van der Waals surface area contributed by atoms with Crippen LogP contribution < -0.4 is 0 Å². The zero-order chi connectivity index (χ0) is 18.9. The van der Waals surface area contributed by atoms with Crippen molar-refractivity contribution in [3.05, 3.63) is 65.0 Å². The largest absolute Gasteiger partial charge is 0.420 e. The molecule has 0 bridgehead atoms. The lowest BCUT2D eigenvalue weighted by molar-refractivity contribution is -0.137. The first-order valence-electron chi connectivity index (χ1n) is 7.14. The van der Waals surface area contributed by atoms with E-state index in [9.17, 15) is 21.6 Å². The molecule has 10 heteroatoms. The van der Waals surface area contributed by atoms with Gasteiger partial charge in [0.1, 0.15) is 5.75 Å². The maximum atomic E-state index is 13.1. The molecule has 5 nitrogen and oxygen atoms in total. The van der Waals surface area contributed by atoms with E-state index in [2.05, 4.69) is 10.2 Å². The van der Waals surface area contributed by atoms with Gasteiger partial charge in [-0.05, 0) is 36.4 Å². The molecular weight excluding hydrogens is 393 g/mol. The lowest BCUT2D eigenvalue weighted by Gasteiger charge is -2.09. The van der Waals surface area contributed by atoms with Crippen LogP contribution in [0.1, 0.15) is 11.5 Å². The second-order valence-corrected chi connectivity index (χ2v) is 7.68. The summed E-state index contributed by atoms with van der Waals surface area (Å²) in [5, 5.41) is 7.47.